The summed E-state index contributed by atoms with van der Waals surface area (Å²) >= 11 is 0. The van der Waals surface area contributed by atoms with Gasteiger partial charge in [-0.2, -0.15) is 5.10 Å². The van der Waals surface area contributed by atoms with E-state index >= 15 is 0 Å². The Morgan fingerprint density at radius 1 is 1.06 bits per heavy atom. The molecular formula is C25H18FN5O2. The summed E-state index contributed by atoms with van der Waals surface area (Å²) in [7, 11) is 0. The minimum Gasteiger partial charge on any atom is -0.478 e. The number of benzene rings is 3. The van der Waals surface area contributed by atoms with Gasteiger partial charge in [0.05, 0.1) is 28.3 Å². The number of carbonyl (C=O) groups is 1. The third-order valence-electron chi connectivity index (χ3n) is 6.06. The average molecular weight is 439 g/mol. The molecule has 3 heterocycles. The summed E-state index contributed by atoms with van der Waals surface area (Å²) in [5, 5.41) is 17.4. The van der Waals surface area contributed by atoms with E-state index in [2.05, 4.69) is 10.2 Å². The highest BCUT2D eigenvalue weighted by atomic mass is 19.1. The van der Waals surface area contributed by atoms with Crippen LogP contribution in [0.2, 0.25) is 0 Å². The van der Waals surface area contributed by atoms with E-state index in [1.54, 1.807) is 18.3 Å². The van der Waals surface area contributed by atoms with Gasteiger partial charge in [0.2, 0.25) is 0 Å². The summed E-state index contributed by atoms with van der Waals surface area (Å²) in [5.41, 5.74) is 5.01. The molecule has 162 valence electrons. The van der Waals surface area contributed by atoms with Crippen molar-refractivity contribution in [2.45, 2.75) is 12.8 Å². The number of H-pyrrole nitrogens is 1. The molecule has 0 fully saturated rings. The molecule has 0 bridgehead atoms. The number of fused-ring (bicyclic) bond motifs is 3. The molecule has 0 spiro atoms. The SMILES string of the molecule is O=C(O)c1ccc2nc(-c3ccc4[nH]ncc4c3)c(N3CCCc4c(F)cccc43)nc2c1. The van der Waals surface area contributed by atoms with Crippen LogP contribution in [0, 0.1) is 5.82 Å². The van der Waals surface area contributed by atoms with Gasteiger partial charge in [-0.25, -0.2) is 19.2 Å². The molecule has 0 saturated heterocycles. The predicted octanol–water partition coefficient (Wildman–Crippen LogP) is 5.09. The number of halogens is 1. The van der Waals surface area contributed by atoms with Crippen LogP contribution < -0.4 is 4.90 Å². The molecule has 8 heteroatoms. The lowest BCUT2D eigenvalue weighted by Crippen LogP contribution is -2.27. The smallest absolute Gasteiger partial charge is 0.335 e. The van der Waals surface area contributed by atoms with Gasteiger partial charge in [0.15, 0.2) is 5.82 Å². The maximum atomic E-state index is 14.6. The lowest BCUT2D eigenvalue weighted by molar-refractivity contribution is 0.0697. The Balaban J connectivity index is 1.62. The number of anilines is 2. The van der Waals surface area contributed by atoms with Gasteiger partial charge >= 0.3 is 5.97 Å². The van der Waals surface area contributed by atoms with Crippen LogP contribution in [-0.2, 0) is 6.42 Å². The Bertz CT molecular complexity index is 1560. The zero-order chi connectivity index (χ0) is 22.5. The van der Waals surface area contributed by atoms with Crippen molar-refractivity contribution in [1.29, 1.82) is 0 Å². The summed E-state index contributed by atoms with van der Waals surface area (Å²) in [5.74, 6) is -0.694. The van der Waals surface area contributed by atoms with Crippen molar-refractivity contribution >= 4 is 39.4 Å². The predicted molar refractivity (Wildman–Crippen MR) is 123 cm³/mol. The van der Waals surface area contributed by atoms with E-state index in [-0.39, 0.29) is 11.4 Å². The number of hydrogen-bond acceptors (Lipinski definition) is 5. The van der Waals surface area contributed by atoms with Crippen molar-refractivity contribution in [3.8, 4) is 11.3 Å². The third kappa shape index (κ3) is 3.18. The Kier molecular flexibility index (Phi) is 4.33. The minimum absolute atomic E-state index is 0.139. The van der Waals surface area contributed by atoms with Gasteiger partial charge in [-0.15, -0.1) is 0 Å². The molecule has 0 atom stereocenters. The molecule has 0 amide bonds. The van der Waals surface area contributed by atoms with E-state index in [9.17, 15) is 14.3 Å². The Morgan fingerprint density at radius 2 is 1.97 bits per heavy atom. The number of aromatic carboxylic acids is 1. The molecule has 2 aromatic heterocycles. The molecule has 3 aromatic carbocycles. The molecule has 0 radical (unpaired) electrons. The molecule has 33 heavy (non-hydrogen) atoms. The standard InChI is InChI=1S/C25H18FN5O2/c26-18-4-1-5-22-17(18)3-2-10-31(22)24-23(14-6-8-19-16(11-14)13-27-30-19)28-20-9-7-15(25(32)33)12-21(20)29-24/h1,4-9,11-13H,2-3,10H2,(H,27,30)(H,32,33). The van der Waals surface area contributed by atoms with Crippen LogP contribution in [0.3, 0.4) is 0 Å². The number of carboxylic acid groups (broad SMARTS) is 1. The molecule has 1 aliphatic rings. The van der Waals surface area contributed by atoms with E-state index in [1.807, 2.05) is 29.2 Å². The minimum atomic E-state index is -1.03. The van der Waals surface area contributed by atoms with Crippen LogP contribution in [0.15, 0.2) is 60.8 Å². The van der Waals surface area contributed by atoms with Crippen molar-refractivity contribution in [2.24, 2.45) is 0 Å². The van der Waals surface area contributed by atoms with Gasteiger partial charge in [-0.1, -0.05) is 12.1 Å². The van der Waals surface area contributed by atoms with E-state index < -0.39 is 5.97 Å². The van der Waals surface area contributed by atoms with E-state index in [0.717, 1.165) is 28.6 Å². The molecule has 7 nitrogen and oxygen atoms in total. The topological polar surface area (TPSA) is 95.0 Å². The maximum Gasteiger partial charge on any atom is 0.335 e. The summed E-state index contributed by atoms with van der Waals surface area (Å²) in [4.78, 5) is 23.2. The first-order chi connectivity index (χ1) is 16.1. The molecule has 1 aliphatic heterocycles. The van der Waals surface area contributed by atoms with Crippen molar-refractivity contribution in [3.05, 3.63) is 77.7 Å². The second kappa shape index (κ2) is 7.37. The number of aromatic nitrogens is 4. The number of nitrogens with one attached hydrogen (secondary N) is 1. The van der Waals surface area contributed by atoms with Crippen LogP contribution in [0.1, 0.15) is 22.3 Å². The van der Waals surface area contributed by atoms with Crippen LogP contribution >= 0.6 is 0 Å². The van der Waals surface area contributed by atoms with Gasteiger partial charge in [-0.3, -0.25) is 5.10 Å². The monoisotopic (exact) mass is 439 g/mol. The largest absolute Gasteiger partial charge is 0.478 e. The first-order valence-corrected chi connectivity index (χ1v) is 10.6. The van der Waals surface area contributed by atoms with Crippen LogP contribution in [0.25, 0.3) is 33.2 Å². The Labute approximate surface area is 187 Å². The van der Waals surface area contributed by atoms with Crippen LogP contribution in [0.4, 0.5) is 15.9 Å². The third-order valence-corrected chi connectivity index (χ3v) is 6.06. The number of hydrogen-bond donors (Lipinski definition) is 2. The lowest BCUT2D eigenvalue weighted by Gasteiger charge is -2.31. The van der Waals surface area contributed by atoms with E-state index in [1.165, 1.54) is 18.2 Å². The number of nitrogens with zero attached hydrogens (tertiary/aromatic N) is 4. The average Bonchev–Trinajstić information content (AvgIpc) is 3.31. The van der Waals surface area contributed by atoms with E-state index in [0.29, 0.717) is 41.1 Å². The van der Waals surface area contributed by atoms with Crippen molar-refractivity contribution in [2.75, 3.05) is 11.4 Å². The first-order valence-electron chi connectivity index (χ1n) is 10.6. The van der Waals surface area contributed by atoms with Gasteiger partial charge in [0.1, 0.15) is 11.5 Å². The summed E-state index contributed by atoms with van der Waals surface area (Å²) in [6, 6.07) is 15.6. The Hall–Kier alpha value is -4.33. The van der Waals surface area contributed by atoms with Gasteiger partial charge in [-0.05, 0) is 55.3 Å². The van der Waals surface area contributed by atoms with Crippen molar-refractivity contribution < 1.29 is 14.3 Å². The molecule has 0 saturated carbocycles. The number of aromatic amines is 1. The van der Waals surface area contributed by atoms with Gasteiger partial charge in [0.25, 0.3) is 0 Å². The fourth-order valence-electron chi connectivity index (χ4n) is 4.45. The quantitative estimate of drug-likeness (QED) is 0.406. The molecule has 0 aliphatic carbocycles. The highest BCUT2D eigenvalue weighted by Crippen LogP contribution is 2.39. The molecule has 2 N–H and O–H groups in total. The second-order valence-electron chi connectivity index (χ2n) is 8.07. The maximum absolute atomic E-state index is 14.6. The molecule has 6 rings (SSSR count). The molecular weight excluding hydrogens is 421 g/mol. The number of carboxylic acids is 1. The van der Waals surface area contributed by atoms with Gasteiger partial charge in [0, 0.05) is 28.7 Å². The number of rotatable bonds is 3. The van der Waals surface area contributed by atoms with Crippen LogP contribution in [0.5, 0.6) is 0 Å². The van der Waals surface area contributed by atoms with Crippen molar-refractivity contribution in [1.82, 2.24) is 20.2 Å². The van der Waals surface area contributed by atoms with Crippen LogP contribution in [-0.4, -0.2) is 37.8 Å². The summed E-state index contributed by atoms with van der Waals surface area (Å²) in [6.45, 7) is 0.649. The Morgan fingerprint density at radius 3 is 2.85 bits per heavy atom. The highest BCUT2D eigenvalue weighted by molar-refractivity contribution is 5.94. The highest BCUT2D eigenvalue weighted by Gasteiger charge is 2.26. The fourth-order valence-corrected chi connectivity index (χ4v) is 4.45. The summed E-state index contributed by atoms with van der Waals surface area (Å²) < 4.78 is 14.6. The normalized spacial score (nSPS) is 13.4. The summed E-state index contributed by atoms with van der Waals surface area (Å²) in [6.07, 6.45) is 3.17. The lowest BCUT2D eigenvalue weighted by atomic mass is 10.00. The molecule has 0 unspecified atom stereocenters. The fraction of sp³-hybridized carbons (Fsp3) is 0.120. The second-order valence-corrected chi connectivity index (χ2v) is 8.07. The van der Waals surface area contributed by atoms with E-state index in [4.69, 9.17) is 9.97 Å². The molecule has 5 aromatic rings. The van der Waals surface area contributed by atoms with Gasteiger partial charge < -0.3 is 10.0 Å². The zero-order valence-corrected chi connectivity index (χ0v) is 17.4. The first kappa shape index (κ1) is 19.4. The van der Waals surface area contributed by atoms with Crippen molar-refractivity contribution in [3.63, 3.8) is 0 Å². The zero-order valence-electron chi connectivity index (χ0n) is 17.4.